The molecule has 0 bridgehead atoms. The average Bonchev–Trinajstić information content (AvgIpc) is 2.99. The maximum absolute atomic E-state index is 9.83. The van der Waals surface area contributed by atoms with Gasteiger partial charge in [-0.15, -0.1) is 0 Å². The van der Waals surface area contributed by atoms with Crippen molar-refractivity contribution in [1.82, 2.24) is 9.38 Å². The molecule has 0 amide bonds. The van der Waals surface area contributed by atoms with Gasteiger partial charge < -0.3 is 14.2 Å². The Labute approximate surface area is 138 Å². The first-order valence-electron chi connectivity index (χ1n) is 7.53. The lowest BCUT2D eigenvalue weighted by molar-refractivity contribution is 0.402. The van der Waals surface area contributed by atoms with Gasteiger partial charge in [-0.3, -0.25) is 0 Å². The Morgan fingerprint density at radius 3 is 2.71 bits per heavy atom. The van der Waals surface area contributed by atoms with Crippen molar-refractivity contribution >= 4 is 28.5 Å². The van der Waals surface area contributed by atoms with Crippen LogP contribution in [0.3, 0.4) is 0 Å². The van der Waals surface area contributed by atoms with Crippen LogP contribution >= 0.6 is 0 Å². The SMILES string of the molecule is COc1nc(/N=C/c2ccccc2O)cn2c1cc1ccccc12. The monoisotopic (exact) mass is 317 g/mol. The van der Waals surface area contributed by atoms with Crippen LogP contribution in [0.4, 0.5) is 5.82 Å². The van der Waals surface area contributed by atoms with Crippen molar-refractivity contribution in [2.24, 2.45) is 4.99 Å². The summed E-state index contributed by atoms with van der Waals surface area (Å²) in [5.41, 5.74) is 2.59. The third-order valence-corrected chi connectivity index (χ3v) is 3.89. The van der Waals surface area contributed by atoms with E-state index in [1.165, 1.54) is 0 Å². The van der Waals surface area contributed by atoms with E-state index < -0.39 is 0 Å². The van der Waals surface area contributed by atoms with E-state index >= 15 is 0 Å². The molecule has 4 aromatic rings. The number of ether oxygens (including phenoxy) is 1. The molecule has 0 aliphatic carbocycles. The predicted octanol–water partition coefficient (Wildman–Crippen LogP) is 3.95. The van der Waals surface area contributed by atoms with Gasteiger partial charge in [0.1, 0.15) is 11.3 Å². The molecule has 0 atom stereocenters. The summed E-state index contributed by atoms with van der Waals surface area (Å²) in [4.78, 5) is 8.82. The molecule has 0 saturated carbocycles. The summed E-state index contributed by atoms with van der Waals surface area (Å²) in [5, 5.41) is 10.9. The van der Waals surface area contributed by atoms with Crippen molar-refractivity contribution < 1.29 is 9.84 Å². The lowest BCUT2D eigenvalue weighted by Crippen LogP contribution is -1.94. The van der Waals surface area contributed by atoms with E-state index in [4.69, 9.17) is 4.74 Å². The fourth-order valence-corrected chi connectivity index (χ4v) is 2.73. The topological polar surface area (TPSA) is 59.1 Å². The van der Waals surface area contributed by atoms with Gasteiger partial charge in [-0.05, 0) is 24.3 Å². The fraction of sp³-hybridized carbons (Fsp3) is 0.0526. The maximum atomic E-state index is 9.83. The highest BCUT2D eigenvalue weighted by Gasteiger charge is 2.10. The lowest BCUT2D eigenvalue weighted by atomic mass is 10.2. The second-order valence-corrected chi connectivity index (χ2v) is 5.38. The zero-order valence-electron chi connectivity index (χ0n) is 13.0. The number of fused-ring (bicyclic) bond motifs is 3. The average molecular weight is 317 g/mol. The first kappa shape index (κ1) is 14.3. The Bertz CT molecular complexity index is 1070. The molecule has 2 aromatic carbocycles. The van der Waals surface area contributed by atoms with E-state index in [2.05, 4.69) is 9.98 Å². The largest absolute Gasteiger partial charge is 0.507 e. The first-order valence-corrected chi connectivity index (χ1v) is 7.53. The molecule has 0 radical (unpaired) electrons. The number of aliphatic imine (C=N–C) groups is 1. The summed E-state index contributed by atoms with van der Waals surface area (Å²) in [5.74, 6) is 1.20. The normalized spacial score (nSPS) is 11.5. The van der Waals surface area contributed by atoms with Crippen LogP contribution in [0.2, 0.25) is 0 Å². The molecule has 1 N–H and O–H groups in total. The van der Waals surface area contributed by atoms with Crippen LogP contribution in [0.5, 0.6) is 11.6 Å². The first-order chi connectivity index (χ1) is 11.8. The summed E-state index contributed by atoms with van der Waals surface area (Å²) in [6, 6.07) is 17.1. The number of rotatable bonds is 3. The van der Waals surface area contributed by atoms with Gasteiger partial charge in [0, 0.05) is 17.2 Å². The fourth-order valence-electron chi connectivity index (χ4n) is 2.73. The zero-order valence-corrected chi connectivity index (χ0v) is 13.0. The Hall–Kier alpha value is -3.34. The highest BCUT2D eigenvalue weighted by Crippen LogP contribution is 2.28. The summed E-state index contributed by atoms with van der Waals surface area (Å²) < 4.78 is 7.43. The minimum atomic E-state index is 0.181. The van der Waals surface area contributed by atoms with E-state index in [0.29, 0.717) is 17.3 Å². The van der Waals surface area contributed by atoms with Crippen molar-refractivity contribution in [2.45, 2.75) is 0 Å². The minimum absolute atomic E-state index is 0.181. The third-order valence-electron chi connectivity index (χ3n) is 3.89. The van der Waals surface area contributed by atoms with Crippen molar-refractivity contribution in [3.05, 3.63) is 66.4 Å². The van der Waals surface area contributed by atoms with Gasteiger partial charge in [0.25, 0.3) is 0 Å². The molecule has 24 heavy (non-hydrogen) atoms. The van der Waals surface area contributed by atoms with Gasteiger partial charge >= 0.3 is 0 Å². The second-order valence-electron chi connectivity index (χ2n) is 5.38. The number of phenols is 1. The summed E-state index contributed by atoms with van der Waals surface area (Å²) in [6.45, 7) is 0. The van der Waals surface area contributed by atoms with Crippen LogP contribution in [0.15, 0.2) is 65.8 Å². The lowest BCUT2D eigenvalue weighted by Gasteiger charge is -2.05. The Kier molecular flexibility index (Phi) is 3.39. The van der Waals surface area contributed by atoms with Crippen LogP contribution in [-0.2, 0) is 0 Å². The standard InChI is InChI=1S/C19H15N3O2/c1-24-19-16-10-13-6-2-4-8-15(13)22(16)12-18(21-19)20-11-14-7-3-5-9-17(14)23/h2-12,23H,1H3/b20-11+. The van der Waals surface area contributed by atoms with Gasteiger partial charge in [-0.2, -0.15) is 4.98 Å². The number of hydrogen-bond donors (Lipinski definition) is 1. The molecule has 0 aliphatic rings. The van der Waals surface area contributed by atoms with Crippen LogP contribution in [-0.4, -0.2) is 27.8 Å². The van der Waals surface area contributed by atoms with Gasteiger partial charge in [0.2, 0.25) is 5.88 Å². The number of methoxy groups -OCH3 is 1. The van der Waals surface area contributed by atoms with Crippen molar-refractivity contribution in [1.29, 1.82) is 0 Å². The van der Waals surface area contributed by atoms with Crippen molar-refractivity contribution in [3.8, 4) is 11.6 Å². The predicted molar refractivity (Wildman–Crippen MR) is 94.6 cm³/mol. The number of aromatic nitrogens is 2. The van der Waals surface area contributed by atoms with E-state index in [1.807, 2.05) is 47.0 Å². The number of para-hydroxylation sites is 2. The van der Waals surface area contributed by atoms with Crippen LogP contribution in [0.1, 0.15) is 5.56 Å². The van der Waals surface area contributed by atoms with Crippen molar-refractivity contribution in [3.63, 3.8) is 0 Å². The molecule has 118 valence electrons. The number of nitrogens with zero attached hydrogens (tertiary/aromatic N) is 3. The Balaban J connectivity index is 1.87. The molecule has 0 unspecified atom stereocenters. The van der Waals surface area contributed by atoms with Gasteiger partial charge in [-0.1, -0.05) is 30.3 Å². The number of aromatic hydroxyl groups is 1. The molecule has 4 rings (SSSR count). The van der Waals surface area contributed by atoms with Crippen LogP contribution in [0.25, 0.3) is 16.4 Å². The van der Waals surface area contributed by atoms with E-state index in [1.54, 1.807) is 31.5 Å². The highest BCUT2D eigenvalue weighted by molar-refractivity contribution is 5.89. The quantitative estimate of drug-likeness (QED) is 0.582. The molecular weight excluding hydrogens is 302 g/mol. The molecule has 0 fully saturated rings. The minimum Gasteiger partial charge on any atom is -0.507 e. The molecule has 2 heterocycles. The zero-order chi connectivity index (χ0) is 16.5. The van der Waals surface area contributed by atoms with Crippen molar-refractivity contribution in [2.75, 3.05) is 7.11 Å². The van der Waals surface area contributed by atoms with Gasteiger partial charge in [0.05, 0.1) is 18.8 Å². The third kappa shape index (κ3) is 2.36. The summed E-state index contributed by atoms with van der Waals surface area (Å²) >= 11 is 0. The number of phenolic OH excluding ortho intramolecular Hbond substituents is 1. The van der Waals surface area contributed by atoms with E-state index in [9.17, 15) is 5.11 Å². The molecule has 5 nitrogen and oxygen atoms in total. The maximum Gasteiger partial charge on any atom is 0.240 e. The summed E-state index contributed by atoms with van der Waals surface area (Å²) in [7, 11) is 1.59. The Morgan fingerprint density at radius 1 is 1.08 bits per heavy atom. The second kappa shape index (κ2) is 5.70. The number of hydrogen-bond acceptors (Lipinski definition) is 4. The molecule has 0 spiro atoms. The Morgan fingerprint density at radius 2 is 1.88 bits per heavy atom. The molecular formula is C19H15N3O2. The molecule has 2 aromatic heterocycles. The molecule has 0 saturated heterocycles. The van der Waals surface area contributed by atoms with Crippen LogP contribution in [0, 0.1) is 0 Å². The summed E-state index contributed by atoms with van der Waals surface area (Å²) in [6.07, 6.45) is 3.45. The smallest absolute Gasteiger partial charge is 0.240 e. The van der Waals surface area contributed by atoms with Gasteiger partial charge in [-0.25, -0.2) is 4.99 Å². The molecule has 5 heteroatoms. The van der Waals surface area contributed by atoms with Gasteiger partial charge in [0.15, 0.2) is 5.82 Å². The van der Waals surface area contributed by atoms with E-state index in [-0.39, 0.29) is 5.75 Å². The van der Waals surface area contributed by atoms with Crippen LogP contribution < -0.4 is 4.74 Å². The number of benzene rings is 2. The highest BCUT2D eigenvalue weighted by atomic mass is 16.5. The van der Waals surface area contributed by atoms with E-state index in [0.717, 1.165) is 16.4 Å². The molecule has 0 aliphatic heterocycles.